The summed E-state index contributed by atoms with van der Waals surface area (Å²) in [6.45, 7) is 1.88. The lowest BCUT2D eigenvalue weighted by Gasteiger charge is -2.07. The van der Waals surface area contributed by atoms with Gasteiger partial charge in [-0.15, -0.1) is 0 Å². The highest BCUT2D eigenvalue weighted by atomic mass is 16.1. The van der Waals surface area contributed by atoms with E-state index >= 15 is 0 Å². The molecule has 2 rings (SSSR count). The number of anilines is 1. The predicted molar refractivity (Wildman–Crippen MR) is 59.1 cm³/mol. The zero-order chi connectivity index (χ0) is 11.4. The molecule has 0 aliphatic carbocycles. The van der Waals surface area contributed by atoms with Gasteiger partial charge in [0.05, 0.1) is 0 Å². The molecule has 1 fully saturated rings. The molecule has 1 atom stereocenters. The SMILES string of the molecule is O=C(CC1CCNC1)Nc1ccc(=O)[nH]n1. The van der Waals surface area contributed by atoms with Crippen molar-refractivity contribution in [3.8, 4) is 0 Å². The molecule has 2 heterocycles. The van der Waals surface area contributed by atoms with Gasteiger partial charge >= 0.3 is 0 Å². The second-order valence-corrected chi connectivity index (χ2v) is 3.92. The summed E-state index contributed by atoms with van der Waals surface area (Å²) in [5.74, 6) is 0.728. The number of nitrogens with one attached hydrogen (secondary N) is 3. The molecule has 0 spiro atoms. The molecule has 0 radical (unpaired) electrons. The molecular weight excluding hydrogens is 208 g/mol. The minimum Gasteiger partial charge on any atom is -0.316 e. The van der Waals surface area contributed by atoms with Crippen LogP contribution in [0.5, 0.6) is 0 Å². The number of H-pyrrole nitrogens is 1. The molecule has 6 nitrogen and oxygen atoms in total. The van der Waals surface area contributed by atoms with Crippen molar-refractivity contribution in [2.45, 2.75) is 12.8 Å². The molecule has 1 aromatic rings. The molecule has 0 bridgehead atoms. The first-order chi connectivity index (χ1) is 7.74. The molecule has 1 aliphatic rings. The number of amides is 1. The third kappa shape index (κ3) is 2.90. The molecule has 86 valence electrons. The van der Waals surface area contributed by atoms with E-state index in [4.69, 9.17) is 0 Å². The van der Waals surface area contributed by atoms with Crippen molar-refractivity contribution < 1.29 is 4.79 Å². The Kier molecular flexibility index (Phi) is 3.31. The second-order valence-electron chi connectivity index (χ2n) is 3.92. The molecule has 1 aliphatic heterocycles. The van der Waals surface area contributed by atoms with E-state index in [2.05, 4.69) is 20.8 Å². The highest BCUT2D eigenvalue weighted by Gasteiger charge is 2.18. The zero-order valence-corrected chi connectivity index (χ0v) is 8.82. The molecule has 1 amide bonds. The topological polar surface area (TPSA) is 86.9 Å². The van der Waals surface area contributed by atoms with Crippen LogP contribution < -0.4 is 16.2 Å². The third-order valence-electron chi connectivity index (χ3n) is 2.58. The Balaban J connectivity index is 1.86. The monoisotopic (exact) mass is 222 g/mol. The van der Waals surface area contributed by atoms with Crippen LogP contribution in [-0.2, 0) is 4.79 Å². The summed E-state index contributed by atoms with van der Waals surface area (Å²) in [4.78, 5) is 22.3. The first-order valence-corrected chi connectivity index (χ1v) is 5.30. The number of aromatic nitrogens is 2. The Morgan fingerprint density at radius 1 is 1.56 bits per heavy atom. The van der Waals surface area contributed by atoms with E-state index in [1.807, 2.05) is 0 Å². The van der Waals surface area contributed by atoms with Crippen LogP contribution in [-0.4, -0.2) is 29.2 Å². The summed E-state index contributed by atoms with van der Waals surface area (Å²) in [5.41, 5.74) is -0.280. The van der Waals surface area contributed by atoms with Crippen molar-refractivity contribution in [2.24, 2.45) is 5.92 Å². The van der Waals surface area contributed by atoms with Crippen LogP contribution in [0.4, 0.5) is 5.82 Å². The lowest BCUT2D eigenvalue weighted by molar-refractivity contribution is -0.117. The Morgan fingerprint density at radius 3 is 3.06 bits per heavy atom. The fraction of sp³-hybridized carbons (Fsp3) is 0.500. The number of aromatic amines is 1. The van der Waals surface area contributed by atoms with Gasteiger partial charge < -0.3 is 10.6 Å². The van der Waals surface area contributed by atoms with Gasteiger partial charge in [-0.1, -0.05) is 0 Å². The maximum Gasteiger partial charge on any atom is 0.264 e. The highest BCUT2D eigenvalue weighted by Crippen LogP contribution is 2.12. The third-order valence-corrected chi connectivity index (χ3v) is 2.58. The smallest absolute Gasteiger partial charge is 0.264 e. The number of carbonyl (C=O) groups excluding carboxylic acids is 1. The van der Waals surface area contributed by atoms with E-state index in [-0.39, 0.29) is 11.5 Å². The quantitative estimate of drug-likeness (QED) is 0.655. The van der Waals surface area contributed by atoms with E-state index in [1.54, 1.807) is 0 Å². The van der Waals surface area contributed by atoms with Crippen LogP contribution in [0, 0.1) is 5.92 Å². The van der Waals surface area contributed by atoms with Gasteiger partial charge in [0.25, 0.3) is 5.56 Å². The average Bonchev–Trinajstić information content (AvgIpc) is 2.74. The van der Waals surface area contributed by atoms with Crippen molar-refractivity contribution in [3.05, 3.63) is 22.5 Å². The predicted octanol–water partition coefficient (Wildman–Crippen LogP) is -0.292. The van der Waals surface area contributed by atoms with Gasteiger partial charge in [-0.3, -0.25) is 9.59 Å². The van der Waals surface area contributed by atoms with E-state index in [1.165, 1.54) is 12.1 Å². The van der Waals surface area contributed by atoms with Crippen molar-refractivity contribution in [1.82, 2.24) is 15.5 Å². The largest absolute Gasteiger partial charge is 0.316 e. The molecule has 3 N–H and O–H groups in total. The minimum absolute atomic E-state index is 0.0618. The zero-order valence-electron chi connectivity index (χ0n) is 8.82. The second kappa shape index (κ2) is 4.89. The van der Waals surface area contributed by atoms with Crippen LogP contribution in [0.15, 0.2) is 16.9 Å². The molecule has 0 saturated carbocycles. The van der Waals surface area contributed by atoms with Gasteiger partial charge in [0.1, 0.15) is 0 Å². The van der Waals surface area contributed by atoms with Crippen molar-refractivity contribution in [2.75, 3.05) is 18.4 Å². The summed E-state index contributed by atoms with van der Waals surface area (Å²) in [5, 5.41) is 11.8. The van der Waals surface area contributed by atoms with Gasteiger partial charge in [-0.25, -0.2) is 5.10 Å². The maximum atomic E-state index is 11.6. The first-order valence-electron chi connectivity index (χ1n) is 5.30. The summed E-state index contributed by atoms with van der Waals surface area (Å²) >= 11 is 0. The Morgan fingerprint density at radius 2 is 2.44 bits per heavy atom. The van der Waals surface area contributed by atoms with Crippen molar-refractivity contribution in [3.63, 3.8) is 0 Å². The highest BCUT2D eigenvalue weighted by molar-refractivity contribution is 5.89. The molecule has 1 saturated heterocycles. The van der Waals surface area contributed by atoms with Crippen LogP contribution in [0.25, 0.3) is 0 Å². The van der Waals surface area contributed by atoms with Crippen LogP contribution in [0.1, 0.15) is 12.8 Å². The van der Waals surface area contributed by atoms with Gasteiger partial charge in [-0.2, -0.15) is 5.10 Å². The van der Waals surface area contributed by atoms with Gasteiger partial charge in [0.15, 0.2) is 5.82 Å². The standard InChI is InChI=1S/C10H14N4O2/c15-9-2-1-8(13-14-9)12-10(16)5-7-3-4-11-6-7/h1-2,7,11H,3-6H2,(H,14,15)(H,12,13,16). The molecular formula is C10H14N4O2. The van der Waals surface area contributed by atoms with Crippen molar-refractivity contribution in [1.29, 1.82) is 0 Å². The number of hydrogen-bond acceptors (Lipinski definition) is 4. The molecule has 0 aromatic carbocycles. The molecule has 6 heteroatoms. The fourth-order valence-electron chi connectivity index (χ4n) is 1.76. The number of rotatable bonds is 3. The minimum atomic E-state index is -0.280. The number of hydrogen-bond donors (Lipinski definition) is 3. The first kappa shape index (κ1) is 10.8. The van der Waals surface area contributed by atoms with Gasteiger partial charge in [-0.05, 0) is 31.5 Å². The van der Waals surface area contributed by atoms with E-state index in [0.717, 1.165) is 19.5 Å². The van der Waals surface area contributed by atoms with Gasteiger partial charge in [0, 0.05) is 12.5 Å². The fourth-order valence-corrected chi connectivity index (χ4v) is 1.76. The molecule has 1 unspecified atom stereocenters. The van der Waals surface area contributed by atoms with Crippen LogP contribution in [0.3, 0.4) is 0 Å². The summed E-state index contributed by atoms with van der Waals surface area (Å²) < 4.78 is 0. The summed E-state index contributed by atoms with van der Waals surface area (Å²) in [6, 6.07) is 2.82. The number of carbonyl (C=O) groups is 1. The Bertz CT molecular complexity index is 403. The Labute approximate surface area is 92.4 Å². The summed E-state index contributed by atoms with van der Waals surface area (Å²) in [7, 11) is 0. The van der Waals surface area contributed by atoms with Crippen molar-refractivity contribution >= 4 is 11.7 Å². The molecule has 16 heavy (non-hydrogen) atoms. The lowest BCUT2D eigenvalue weighted by Crippen LogP contribution is -2.20. The van der Waals surface area contributed by atoms with Gasteiger partial charge in [0.2, 0.25) is 5.91 Å². The lowest BCUT2D eigenvalue weighted by atomic mass is 10.0. The van der Waals surface area contributed by atoms with Crippen LogP contribution >= 0.6 is 0 Å². The van der Waals surface area contributed by atoms with Crippen LogP contribution in [0.2, 0.25) is 0 Å². The normalized spacial score (nSPS) is 19.6. The Hall–Kier alpha value is -1.69. The van der Waals surface area contributed by atoms with E-state index in [9.17, 15) is 9.59 Å². The van der Waals surface area contributed by atoms with E-state index in [0.29, 0.717) is 18.2 Å². The summed E-state index contributed by atoms with van der Waals surface area (Å²) in [6.07, 6.45) is 1.53. The molecule has 1 aromatic heterocycles. The average molecular weight is 222 g/mol. The number of nitrogens with zero attached hydrogens (tertiary/aromatic N) is 1. The van der Waals surface area contributed by atoms with E-state index < -0.39 is 0 Å². The maximum absolute atomic E-state index is 11.6.